The Kier molecular flexibility index (Phi) is 5.84. The van der Waals surface area contributed by atoms with E-state index in [0.29, 0.717) is 16.9 Å². The van der Waals surface area contributed by atoms with Crippen LogP contribution in [0.2, 0.25) is 0 Å². The first-order valence-electron chi connectivity index (χ1n) is 10.7. The molecule has 33 heavy (non-hydrogen) atoms. The summed E-state index contributed by atoms with van der Waals surface area (Å²) < 4.78 is 0. The first-order chi connectivity index (χ1) is 15.8. The van der Waals surface area contributed by atoms with Crippen molar-refractivity contribution in [2.24, 2.45) is 0 Å². The fourth-order valence-electron chi connectivity index (χ4n) is 3.96. The van der Waals surface area contributed by atoms with Gasteiger partial charge in [0.1, 0.15) is 5.70 Å². The fourth-order valence-corrected chi connectivity index (χ4v) is 3.96. The topological polar surface area (TPSA) is 78.5 Å². The second-order valence-electron chi connectivity index (χ2n) is 8.18. The van der Waals surface area contributed by atoms with Gasteiger partial charge in [0.2, 0.25) is 5.91 Å². The largest absolute Gasteiger partial charge is 0.350 e. The minimum absolute atomic E-state index is 0.183. The van der Waals surface area contributed by atoms with Crippen molar-refractivity contribution in [3.63, 3.8) is 0 Å². The van der Waals surface area contributed by atoms with Crippen LogP contribution in [0.25, 0.3) is 5.57 Å². The zero-order valence-electron chi connectivity index (χ0n) is 19.0. The number of amides is 3. The van der Waals surface area contributed by atoms with Crippen LogP contribution in [0.4, 0.5) is 17.1 Å². The van der Waals surface area contributed by atoms with Crippen molar-refractivity contribution < 1.29 is 14.4 Å². The van der Waals surface area contributed by atoms with Crippen molar-refractivity contribution in [2.45, 2.75) is 27.7 Å². The Balaban J connectivity index is 1.82. The van der Waals surface area contributed by atoms with Crippen molar-refractivity contribution >= 4 is 40.4 Å². The Morgan fingerprint density at radius 2 is 1.52 bits per heavy atom. The van der Waals surface area contributed by atoms with Gasteiger partial charge >= 0.3 is 0 Å². The van der Waals surface area contributed by atoms with E-state index in [9.17, 15) is 14.4 Å². The highest BCUT2D eigenvalue weighted by molar-refractivity contribution is 6.46. The maximum atomic E-state index is 13.6. The number of benzene rings is 3. The van der Waals surface area contributed by atoms with Crippen molar-refractivity contribution in [1.29, 1.82) is 0 Å². The third-order valence-corrected chi connectivity index (χ3v) is 5.58. The third-order valence-electron chi connectivity index (χ3n) is 5.58. The summed E-state index contributed by atoms with van der Waals surface area (Å²) in [6.07, 6.45) is 0. The van der Waals surface area contributed by atoms with Crippen LogP contribution in [0, 0.1) is 20.8 Å². The fraction of sp³-hybridized carbons (Fsp3) is 0.148. The van der Waals surface area contributed by atoms with E-state index >= 15 is 0 Å². The lowest BCUT2D eigenvalue weighted by atomic mass is 10.0. The number of hydrogen-bond donors (Lipinski definition) is 2. The van der Waals surface area contributed by atoms with Crippen LogP contribution < -0.4 is 15.5 Å². The van der Waals surface area contributed by atoms with Crippen molar-refractivity contribution in [3.8, 4) is 0 Å². The molecule has 0 aromatic heterocycles. The number of aryl methyl sites for hydroxylation is 3. The SMILES string of the molecule is CC(=O)Nc1ccc(C2=C(Nc3ccc(C)cc3C)C(=O)N(c3ccccc3C)C2=O)cc1. The van der Waals surface area contributed by atoms with E-state index in [1.165, 1.54) is 11.8 Å². The predicted molar refractivity (Wildman–Crippen MR) is 131 cm³/mol. The van der Waals surface area contributed by atoms with E-state index in [1.807, 2.05) is 51.1 Å². The molecule has 0 fully saturated rings. The zero-order chi connectivity index (χ0) is 23.7. The summed E-state index contributed by atoms with van der Waals surface area (Å²) in [7, 11) is 0. The van der Waals surface area contributed by atoms with Crippen LogP contribution >= 0.6 is 0 Å². The molecule has 166 valence electrons. The van der Waals surface area contributed by atoms with E-state index in [4.69, 9.17) is 0 Å². The molecule has 4 rings (SSSR count). The lowest BCUT2D eigenvalue weighted by Crippen LogP contribution is -2.33. The number of carbonyl (C=O) groups excluding carboxylic acids is 3. The average molecular weight is 440 g/mol. The lowest BCUT2D eigenvalue weighted by Gasteiger charge is -2.18. The average Bonchev–Trinajstić information content (AvgIpc) is 3.00. The third kappa shape index (κ3) is 4.28. The second kappa shape index (κ2) is 8.74. The van der Waals surface area contributed by atoms with E-state index in [-0.39, 0.29) is 17.2 Å². The molecule has 1 aliphatic heterocycles. The molecule has 6 nitrogen and oxygen atoms in total. The van der Waals surface area contributed by atoms with Crippen molar-refractivity contribution in [3.05, 3.63) is 94.7 Å². The van der Waals surface area contributed by atoms with Crippen LogP contribution in [0.15, 0.2) is 72.4 Å². The minimum Gasteiger partial charge on any atom is -0.350 e. The maximum absolute atomic E-state index is 13.6. The van der Waals surface area contributed by atoms with Gasteiger partial charge in [-0.25, -0.2) is 4.90 Å². The summed E-state index contributed by atoms with van der Waals surface area (Å²) in [6.45, 7) is 7.26. The van der Waals surface area contributed by atoms with E-state index in [1.54, 1.807) is 36.4 Å². The highest BCUT2D eigenvalue weighted by Gasteiger charge is 2.40. The number of nitrogens with one attached hydrogen (secondary N) is 2. The standard InChI is InChI=1S/C27H25N3O3/c1-16-9-14-22(18(3)15-16)29-25-24(20-10-12-21(13-11-20)28-19(4)31)26(32)30(27(25)33)23-8-6-5-7-17(23)2/h5-15,29H,1-4H3,(H,28,31). The molecule has 0 unspecified atom stereocenters. The van der Waals surface area contributed by atoms with Gasteiger partial charge in [-0.3, -0.25) is 14.4 Å². The number of nitrogens with zero attached hydrogens (tertiary/aromatic N) is 1. The lowest BCUT2D eigenvalue weighted by molar-refractivity contribution is -0.120. The van der Waals surface area contributed by atoms with Crippen LogP contribution in [0.5, 0.6) is 0 Å². The minimum atomic E-state index is -0.407. The Labute approximate surface area is 192 Å². The molecule has 0 aliphatic carbocycles. The predicted octanol–water partition coefficient (Wildman–Crippen LogP) is 4.97. The number of rotatable bonds is 5. The molecule has 2 N–H and O–H groups in total. The summed E-state index contributed by atoms with van der Waals surface area (Å²) in [5, 5.41) is 5.94. The van der Waals surface area contributed by atoms with Gasteiger partial charge in [0.05, 0.1) is 11.3 Å². The molecule has 0 atom stereocenters. The zero-order valence-corrected chi connectivity index (χ0v) is 19.0. The van der Waals surface area contributed by atoms with Gasteiger partial charge in [-0.15, -0.1) is 0 Å². The van der Waals surface area contributed by atoms with Gasteiger partial charge < -0.3 is 10.6 Å². The molecular weight excluding hydrogens is 414 g/mol. The highest BCUT2D eigenvalue weighted by atomic mass is 16.2. The summed E-state index contributed by atoms with van der Waals surface area (Å²) in [5.74, 6) is -0.985. The maximum Gasteiger partial charge on any atom is 0.282 e. The quantitative estimate of drug-likeness (QED) is 0.551. The van der Waals surface area contributed by atoms with Gasteiger partial charge in [0, 0.05) is 18.3 Å². The van der Waals surface area contributed by atoms with Gasteiger partial charge in [-0.1, -0.05) is 48.0 Å². The van der Waals surface area contributed by atoms with Crippen LogP contribution in [-0.2, 0) is 14.4 Å². The summed E-state index contributed by atoms with van der Waals surface area (Å²) in [4.78, 5) is 39.8. The Hall–Kier alpha value is -4.19. The molecule has 3 amide bonds. The summed E-state index contributed by atoms with van der Waals surface area (Å²) in [5.41, 5.74) is 5.93. The van der Waals surface area contributed by atoms with E-state index < -0.39 is 11.8 Å². The van der Waals surface area contributed by atoms with Crippen molar-refractivity contribution in [1.82, 2.24) is 0 Å². The molecule has 6 heteroatoms. The van der Waals surface area contributed by atoms with Crippen molar-refractivity contribution in [2.75, 3.05) is 15.5 Å². The van der Waals surface area contributed by atoms with E-state index in [0.717, 1.165) is 22.4 Å². The van der Waals surface area contributed by atoms with Crippen LogP contribution in [0.3, 0.4) is 0 Å². The van der Waals surface area contributed by atoms with Crippen LogP contribution in [0.1, 0.15) is 29.2 Å². The number of carbonyl (C=O) groups is 3. The molecule has 3 aromatic rings. The summed E-state index contributed by atoms with van der Waals surface area (Å²) >= 11 is 0. The Morgan fingerprint density at radius 3 is 2.15 bits per heavy atom. The number of anilines is 3. The molecule has 0 saturated heterocycles. The van der Waals surface area contributed by atoms with Gasteiger partial charge in [0.15, 0.2) is 0 Å². The first-order valence-corrected chi connectivity index (χ1v) is 10.7. The molecule has 0 saturated carbocycles. The molecular formula is C27H25N3O3. The molecule has 0 radical (unpaired) electrons. The highest BCUT2D eigenvalue weighted by Crippen LogP contribution is 2.35. The summed E-state index contributed by atoms with van der Waals surface area (Å²) in [6, 6.07) is 20.1. The molecule has 1 heterocycles. The molecule has 0 spiro atoms. The number of hydrogen-bond acceptors (Lipinski definition) is 4. The Morgan fingerprint density at radius 1 is 0.818 bits per heavy atom. The molecule has 3 aromatic carbocycles. The number of para-hydroxylation sites is 1. The van der Waals surface area contributed by atoms with E-state index in [2.05, 4.69) is 10.6 Å². The Bertz CT molecular complexity index is 1310. The van der Waals surface area contributed by atoms with Gasteiger partial charge in [-0.05, 0) is 61.7 Å². The smallest absolute Gasteiger partial charge is 0.282 e. The number of imide groups is 1. The monoisotopic (exact) mass is 439 g/mol. The van der Waals surface area contributed by atoms with Gasteiger partial charge in [-0.2, -0.15) is 0 Å². The first kappa shape index (κ1) is 22.0. The van der Waals surface area contributed by atoms with Crippen LogP contribution in [-0.4, -0.2) is 17.7 Å². The normalized spacial score (nSPS) is 13.5. The molecule has 1 aliphatic rings. The second-order valence-corrected chi connectivity index (χ2v) is 8.18. The van der Waals surface area contributed by atoms with Gasteiger partial charge in [0.25, 0.3) is 11.8 Å². The molecule has 0 bridgehead atoms.